The molecule has 82 valence electrons. The molecule has 0 aromatic rings. The van der Waals surface area contributed by atoms with Crippen LogP contribution in [0.5, 0.6) is 0 Å². The van der Waals surface area contributed by atoms with Gasteiger partial charge >= 0.3 is 0 Å². The fourth-order valence-electron chi connectivity index (χ4n) is 1.34. The summed E-state index contributed by atoms with van der Waals surface area (Å²) in [5.41, 5.74) is 1.96. The fraction of sp³-hybridized carbons (Fsp3) is 0.417. The van der Waals surface area contributed by atoms with Gasteiger partial charge in [0, 0.05) is 11.1 Å². The first-order valence-corrected chi connectivity index (χ1v) is 4.87. The topological polar surface area (TPSA) is 46.5 Å². The van der Waals surface area contributed by atoms with E-state index in [1.807, 2.05) is 13.8 Å². The van der Waals surface area contributed by atoms with Crippen molar-refractivity contribution in [2.45, 2.75) is 27.7 Å². The molecule has 0 aliphatic carbocycles. The first-order chi connectivity index (χ1) is 6.95. The zero-order valence-electron chi connectivity index (χ0n) is 9.55. The summed E-state index contributed by atoms with van der Waals surface area (Å²) in [6, 6.07) is 0. The molecule has 3 nitrogen and oxygen atoms in total. The summed E-state index contributed by atoms with van der Waals surface area (Å²) < 4.78 is 5.30. The van der Waals surface area contributed by atoms with Crippen LogP contribution < -0.4 is 0 Å². The zero-order valence-corrected chi connectivity index (χ0v) is 9.55. The highest BCUT2D eigenvalue weighted by molar-refractivity contribution is 5.94. The molecule has 1 aliphatic rings. The van der Waals surface area contributed by atoms with Gasteiger partial charge in [-0.05, 0) is 39.3 Å². The highest BCUT2D eigenvalue weighted by atomic mass is 16.5. The molecule has 15 heavy (non-hydrogen) atoms. The van der Waals surface area contributed by atoms with Gasteiger partial charge in [-0.2, -0.15) is 0 Å². The van der Waals surface area contributed by atoms with E-state index >= 15 is 0 Å². The minimum absolute atomic E-state index is 0.0580. The normalized spacial score (nSPS) is 18.0. The summed E-state index contributed by atoms with van der Waals surface area (Å²) >= 11 is 0. The first kappa shape index (κ1) is 11.6. The van der Waals surface area contributed by atoms with E-state index in [9.17, 15) is 9.90 Å². The molecule has 1 heterocycles. The lowest BCUT2D eigenvalue weighted by atomic mass is 9.99. The molecule has 0 radical (unpaired) electrons. The van der Waals surface area contributed by atoms with E-state index in [2.05, 4.69) is 0 Å². The first-order valence-electron chi connectivity index (χ1n) is 4.87. The lowest BCUT2D eigenvalue weighted by molar-refractivity contribution is -0.113. The van der Waals surface area contributed by atoms with E-state index in [0.29, 0.717) is 17.8 Å². The lowest BCUT2D eigenvalue weighted by Gasteiger charge is -2.18. The summed E-state index contributed by atoms with van der Waals surface area (Å²) in [6.07, 6.45) is 1.78. The van der Waals surface area contributed by atoms with Crippen molar-refractivity contribution >= 4 is 5.78 Å². The Hall–Kier alpha value is -1.51. The van der Waals surface area contributed by atoms with Gasteiger partial charge in [-0.3, -0.25) is 4.79 Å². The molecule has 0 bridgehead atoms. The van der Waals surface area contributed by atoms with Gasteiger partial charge in [0.05, 0.1) is 5.76 Å². The molecule has 0 aromatic carbocycles. The Morgan fingerprint density at radius 3 is 2.53 bits per heavy atom. The predicted molar refractivity (Wildman–Crippen MR) is 58.4 cm³/mol. The number of aliphatic hydroxyl groups is 1. The van der Waals surface area contributed by atoms with Crippen molar-refractivity contribution in [3.05, 3.63) is 34.3 Å². The van der Waals surface area contributed by atoms with Gasteiger partial charge in [0.15, 0.2) is 5.78 Å². The molecule has 1 aliphatic heterocycles. The van der Waals surface area contributed by atoms with Crippen molar-refractivity contribution in [1.29, 1.82) is 0 Å². The highest BCUT2D eigenvalue weighted by Gasteiger charge is 2.17. The molecule has 0 aromatic heterocycles. The van der Waals surface area contributed by atoms with Crippen molar-refractivity contribution in [2.24, 2.45) is 0 Å². The molecule has 0 saturated carbocycles. The second kappa shape index (κ2) is 4.34. The largest absolute Gasteiger partial charge is 0.507 e. The van der Waals surface area contributed by atoms with Crippen LogP contribution in [0.25, 0.3) is 0 Å². The van der Waals surface area contributed by atoms with Crippen molar-refractivity contribution in [2.75, 3.05) is 6.61 Å². The van der Waals surface area contributed by atoms with Gasteiger partial charge in [0.1, 0.15) is 12.4 Å². The second-order valence-corrected chi connectivity index (χ2v) is 3.64. The van der Waals surface area contributed by atoms with Gasteiger partial charge in [-0.15, -0.1) is 0 Å². The minimum atomic E-state index is -0.120. The number of rotatable bonds is 2. The summed E-state index contributed by atoms with van der Waals surface area (Å²) in [5, 5.41) is 9.90. The molecular formula is C12H16O3. The van der Waals surface area contributed by atoms with Crippen LogP contribution in [-0.2, 0) is 9.53 Å². The molecule has 0 amide bonds. The van der Waals surface area contributed by atoms with Crippen LogP contribution in [0.15, 0.2) is 34.3 Å². The van der Waals surface area contributed by atoms with Gasteiger partial charge in [0.2, 0.25) is 0 Å². The third-order valence-corrected chi connectivity index (χ3v) is 2.66. The number of allylic oxidation sites excluding steroid dienone is 3. The van der Waals surface area contributed by atoms with E-state index in [4.69, 9.17) is 4.74 Å². The quantitative estimate of drug-likeness (QED) is 0.560. The Kier molecular flexibility index (Phi) is 3.35. The Balaban J connectivity index is 3.15. The Morgan fingerprint density at radius 1 is 1.40 bits per heavy atom. The molecule has 0 atom stereocenters. The molecule has 3 heteroatoms. The van der Waals surface area contributed by atoms with Crippen LogP contribution in [0.4, 0.5) is 0 Å². The summed E-state index contributed by atoms with van der Waals surface area (Å²) in [4.78, 5) is 11.1. The van der Waals surface area contributed by atoms with E-state index in [0.717, 1.165) is 11.3 Å². The molecule has 0 spiro atoms. The monoisotopic (exact) mass is 208 g/mol. The van der Waals surface area contributed by atoms with Crippen molar-refractivity contribution in [3.8, 4) is 0 Å². The molecule has 0 fully saturated rings. The predicted octanol–water partition coefficient (Wildman–Crippen LogP) is 2.66. The van der Waals surface area contributed by atoms with Crippen molar-refractivity contribution in [1.82, 2.24) is 0 Å². The van der Waals surface area contributed by atoms with E-state index in [-0.39, 0.29) is 11.5 Å². The number of aliphatic hydroxyl groups excluding tert-OH is 1. The number of carbonyl (C=O) groups is 1. The molecular weight excluding hydrogens is 192 g/mol. The standard InChI is InChI=1S/C12H16O3/c1-7(9(3)13)12(14)11-5-6-15-10(4)8(11)2/h5,14H,6H2,1-4H3/b12-7+. The Bertz CT molecular complexity index is 384. The number of carbonyl (C=O) groups excluding carboxylic acids is 1. The van der Waals surface area contributed by atoms with Crippen molar-refractivity contribution < 1.29 is 14.6 Å². The second-order valence-electron chi connectivity index (χ2n) is 3.64. The maximum Gasteiger partial charge on any atom is 0.159 e. The van der Waals surface area contributed by atoms with Gasteiger partial charge < -0.3 is 9.84 Å². The third-order valence-electron chi connectivity index (χ3n) is 2.66. The van der Waals surface area contributed by atoms with Gasteiger partial charge in [0.25, 0.3) is 0 Å². The average molecular weight is 208 g/mol. The summed E-state index contributed by atoms with van der Waals surface area (Å²) in [6.45, 7) is 7.21. The summed E-state index contributed by atoms with van der Waals surface area (Å²) in [5.74, 6) is 0.725. The average Bonchev–Trinajstić information content (AvgIpc) is 2.20. The number of hydrogen-bond donors (Lipinski definition) is 1. The van der Waals surface area contributed by atoms with Crippen LogP contribution in [0.1, 0.15) is 27.7 Å². The van der Waals surface area contributed by atoms with Gasteiger partial charge in [-0.25, -0.2) is 0 Å². The fourth-order valence-corrected chi connectivity index (χ4v) is 1.34. The van der Waals surface area contributed by atoms with E-state index in [1.165, 1.54) is 6.92 Å². The molecule has 0 saturated heterocycles. The van der Waals surface area contributed by atoms with Gasteiger partial charge in [-0.1, -0.05) is 0 Å². The Morgan fingerprint density at radius 2 is 2.00 bits per heavy atom. The number of hydrogen-bond acceptors (Lipinski definition) is 3. The number of ether oxygens (including phenoxy) is 1. The SMILES string of the molecule is CC(=O)/C(C)=C(/O)C1=CCOC(C)=C1C. The summed E-state index contributed by atoms with van der Waals surface area (Å²) in [7, 11) is 0. The van der Waals surface area contributed by atoms with E-state index < -0.39 is 0 Å². The van der Waals surface area contributed by atoms with Crippen LogP contribution in [0, 0.1) is 0 Å². The smallest absolute Gasteiger partial charge is 0.159 e. The number of ketones is 1. The van der Waals surface area contributed by atoms with Crippen LogP contribution in [0.3, 0.4) is 0 Å². The number of Topliss-reactive ketones (excluding diaryl/α,β-unsaturated/α-hetero) is 1. The maximum absolute atomic E-state index is 11.1. The third kappa shape index (κ3) is 2.29. The van der Waals surface area contributed by atoms with Crippen LogP contribution in [0.2, 0.25) is 0 Å². The minimum Gasteiger partial charge on any atom is -0.507 e. The van der Waals surface area contributed by atoms with Crippen LogP contribution in [-0.4, -0.2) is 17.5 Å². The molecule has 1 N–H and O–H groups in total. The maximum atomic E-state index is 11.1. The van der Waals surface area contributed by atoms with Crippen molar-refractivity contribution in [3.63, 3.8) is 0 Å². The molecule has 1 rings (SSSR count). The molecule has 0 unspecified atom stereocenters. The Labute approximate surface area is 89.7 Å². The van der Waals surface area contributed by atoms with E-state index in [1.54, 1.807) is 13.0 Å². The zero-order chi connectivity index (χ0) is 11.6. The lowest BCUT2D eigenvalue weighted by Crippen LogP contribution is -2.08. The highest BCUT2D eigenvalue weighted by Crippen LogP contribution is 2.26. The van der Waals surface area contributed by atoms with Crippen LogP contribution >= 0.6 is 0 Å².